The molecule has 0 atom stereocenters. The Morgan fingerprint density at radius 1 is 1.41 bits per heavy atom. The molecule has 0 aromatic carbocycles. The summed E-state index contributed by atoms with van der Waals surface area (Å²) in [5, 5.41) is 7.38. The molecule has 0 saturated carbocycles. The minimum Gasteiger partial charge on any atom is -0.444 e. The lowest BCUT2D eigenvalue weighted by molar-refractivity contribution is 0.0496. The van der Waals surface area contributed by atoms with Crippen molar-refractivity contribution >= 4 is 33.5 Å². The van der Waals surface area contributed by atoms with Crippen molar-refractivity contribution in [2.24, 2.45) is 0 Å². The number of alkyl carbamates (subject to hydrolysis) is 1. The minimum absolute atomic E-state index is 0.0820. The zero-order valence-corrected chi connectivity index (χ0v) is 14.3. The average Bonchev–Trinajstić information content (AvgIpc) is 2.73. The molecule has 3 heterocycles. The van der Waals surface area contributed by atoms with Crippen molar-refractivity contribution in [3.8, 4) is 0 Å². The van der Waals surface area contributed by atoms with Gasteiger partial charge in [-0.2, -0.15) is 0 Å². The van der Waals surface area contributed by atoms with Crippen LogP contribution < -0.4 is 10.2 Å². The Morgan fingerprint density at radius 3 is 2.82 bits per heavy atom. The summed E-state index contributed by atoms with van der Waals surface area (Å²) in [4.78, 5) is 18.0. The van der Waals surface area contributed by atoms with E-state index in [0.29, 0.717) is 13.1 Å². The van der Waals surface area contributed by atoms with E-state index in [0.717, 1.165) is 16.1 Å². The van der Waals surface area contributed by atoms with Crippen LogP contribution in [0.15, 0.2) is 22.9 Å². The number of anilines is 1. The summed E-state index contributed by atoms with van der Waals surface area (Å²) in [7, 11) is 0. The van der Waals surface area contributed by atoms with Gasteiger partial charge in [-0.3, -0.25) is 0 Å². The maximum absolute atomic E-state index is 11.7. The Morgan fingerprint density at radius 2 is 2.14 bits per heavy atom. The first-order chi connectivity index (χ1) is 10.3. The molecule has 2 aromatic rings. The maximum Gasteiger partial charge on any atom is 0.407 e. The molecule has 1 N–H and O–H groups in total. The van der Waals surface area contributed by atoms with E-state index in [4.69, 9.17) is 4.74 Å². The third-order valence-electron chi connectivity index (χ3n) is 3.23. The average molecular weight is 368 g/mol. The smallest absolute Gasteiger partial charge is 0.407 e. The molecule has 1 aliphatic heterocycles. The van der Waals surface area contributed by atoms with Gasteiger partial charge >= 0.3 is 6.09 Å². The van der Waals surface area contributed by atoms with Gasteiger partial charge in [-0.25, -0.2) is 14.3 Å². The van der Waals surface area contributed by atoms with E-state index in [9.17, 15) is 4.79 Å². The molecule has 0 bridgehead atoms. The summed E-state index contributed by atoms with van der Waals surface area (Å²) in [6.07, 6.45) is 1.34. The van der Waals surface area contributed by atoms with Crippen LogP contribution in [0.25, 0.3) is 5.65 Å². The number of amides is 1. The molecule has 0 aliphatic carbocycles. The number of nitrogens with one attached hydrogen (secondary N) is 1. The van der Waals surface area contributed by atoms with Crippen LogP contribution >= 0.6 is 15.9 Å². The molecule has 0 radical (unpaired) electrons. The van der Waals surface area contributed by atoms with Crippen LogP contribution in [0.3, 0.4) is 0 Å². The molecule has 0 unspecified atom stereocenters. The van der Waals surface area contributed by atoms with Crippen molar-refractivity contribution in [1.82, 2.24) is 19.9 Å². The fraction of sp³-hybridized carbons (Fsp3) is 0.500. The minimum atomic E-state index is -0.478. The van der Waals surface area contributed by atoms with Crippen LogP contribution in [0.1, 0.15) is 20.8 Å². The van der Waals surface area contributed by atoms with E-state index in [1.54, 1.807) is 10.7 Å². The van der Waals surface area contributed by atoms with Crippen molar-refractivity contribution in [1.29, 1.82) is 0 Å². The standard InChI is InChI=1S/C14H18BrN5O2/c1-14(2,3)22-13(21)17-9-7-19(8-9)12-5-4-11-16-6-10(15)20(11)18-12/h4-6,9H,7-8H2,1-3H3,(H,17,21). The Balaban J connectivity index is 1.58. The Labute approximate surface area is 136 Å². The number of nitrogens with zero attached hydrogens (tertiary/aromatic N) is 4. The molecule has 1 saturated heterocycles. The van der Waals surface area contributed by atoms with E-state index in [-0.39, 0.29) is 12.1 Å². The van der Waals surface area contributed by atoms with Crippen molar-refractivity contribution < 1.29 is 9.53 Å². The molecule has 2 aromatic heterocycles. The highest BCUT2D eigenvalue weighted by atomic mass is 79.9. The number of rotatable bonds is 2. The normalized spacial score (nSPS) is 15.7. The second-order valence-corrected chi connectivity index (χ2v) is 7.10. The number of carbonyl (C=O) groups is 1. The van der Waals surface area contributed by atoms with Gasteiger partial charge < -0.3 is 15.0 Å². The topological polar surface area (TPSA) is 71.8 Å². The van der Waals surface area contributed by atoms with Crippen molar-refractivity contribution in [2.75, 3.05) is 18.0 Å². The number of ether oxygens (including phenoxy) is 1. The van der Waals surface area contributed by atoms with Crippen LogP contribution in [0.4, 0.5) is 10.6 Å². The van der Waals surface area contributed by atoms with Crippen LogP contribution in [0.2, 0.25) is 0 Å². The van der Waals surface area contributed by atoms with Crippen molar-refractivity contribution in [2.45, 2.75) is 32.4 Å². The molecular formula is C14H18BrN5O2. The predicted octanol–water partition coefficient (Wildman–Crippen LogP) is 2.21. The first-order valence-corrected chi connectivity index (χ1v) is 7.86. The number of fused-ring (bicyclic) bond motifs is 1. The second-order valence-electron chi connectivity index (χ2n) is 6.29. The number of carbonyl (C=O) groups excluding carboxylic acids is 1. The fourth-order valence-corrected chi connectivity index (χ4v) is 2.60. The third kappa shape index (κ3) is 3.16. The van der Waals surface area contributed by atoms with Gasteiger partial charge in [0.25, 0.3) is 0 Å². The molecule has 1 aliphatic rings. The predicted molar refractivity (Wildman–Crippen MR) is 86.1 cm³/mol. The molecule has 7 nitrogen and oxygen atoms in total. The summed E-state index contributed by atoms with van der Waals surface area (Å²) < 4.78 is 7.80. The number of halogens is 1. The summed E-state index contributed by atoms with van der Waals surface area (Å²) in [5.41, 5.74) is 0.313. The first kappa shape index (κ1) is 15.1. The molecule has 1 amide bonds. The van der Waals surface area contributed by atoms with E-state index in [1.165, 1.54) is 0 Å². The quantitative estimate of drug-likeness (QED) is 0.880. The van der Waals surface area contributed by atoms with Gasteiger partial charge in [0.1, 0.15) is 16.0 Å². The van der Waals surface area contributed by atoms with Crippen LogP contribution in [-0.4, -0.2) is 45.4 Å². The SMILES string of the molecule is CC(C)(C)OC(=O)NC1CN(c2ccc3ncc(Br)n3n2)C1. The van der Waals surface area contributed by atoms with E-state index in [1.807, 2.05) is 32.9 Å². The molecule has 22 heavy (non-hydrogen) atoms. The van der Waals surface area contributed by atoms with Gasteiger partial charge in [0.05, 0.1) is 12.2 Å². The number of imidazole rings is 1. The molecule has 0 spiro atoms. The highest BCUT2D eigenvalue weighted by Crippen LogP contribution is 2.21. The molecule has 1 fully saturated rings. The van der Waals surface area contributed by atoms with E-state index in [2.05, 4.69) is 36.2 Å². The fourth-order valence-electron chi connectivity index (χ4n) is 2.24. The van der Waals surface area contributed by atoms with Gasteiger partial charge in [-0.1, -0.05) is 0 Å². The summed E-state index contributed by atoms with van der Waals surface area (Å²) in [5.74, 6) is 0.855. The Bertz CT molecular complexity index is 703. The largest absolute Gasteiger partial charge is 0.444 e. The van der Waals surface area contributed by atoms with Gasteiger partial charge in [0, 0.05) is 13.1 Å². The van der Waals surface area contributed by atoms with Crippen LogP contribution in [0.5, 0.6) is 0 Å². The van der Waals surface area contributed by atoms with E-state index < -0.39 is 5.60 Å². The number of hydrogen-bond donors (Lipinski definition) is 1. The lowest BCUT2D eigenvalue weighted by Gasteiger charge is -2.40. The zero-order valence-electron chi connectivity index (χ0n) is 12.7. The third-order valence-corrected chi connectivity index (χ3v) is 3.77. The molecule has 8 heteroatoms. The molecule has 118 valence electrons. The Kier molecular flexibility index (Phi) is 3.72. The van der Waals surface area contributed by atoms with Crippen LogP contribution in [-0.2, 0) is 4.74 Å². The monoisotopic (exact) mass is 367 g/mol. The van der Waals surface area contributed by atoms with Crippen molar-refractivity contribution in [3.05, 3.63) is 22.9 Å². The van der Waals surface area contributed by atoms with Gasteiger partial charge in [-0.05, 0) is 48.8 Å². The van der Waals surface area contributed by atoms with E-state index >= 15 is 0 Å². The summed E-state index contributed by atoms with van der Waals surface area (Å²) in [6.45, 7) is 6.97. The summed E-state index contributed by atoms with van der Waals surface area (Å²) in [6, 6.07) is 3.93. The lowest BCUT2D eigenvalue weighted by atomic mass is 10.1. The maximum atomic E-state index is 11.7. The molecular weight excluding hydrogens is 350 g/mol. The highest BCUT2D eigenvalue weighted by Gasteiger charge is 2.30. The molecule has 3 rings (SSSR count). The Hall–Kier alpha value is -1.83. The highest BCUT2D eigenvalue weighted by molar-refractivity contribution is 9.10. The lowest BCUT2D eigenvalue weighted by Crippen LogP contribution is -2.60. The van der Waals surface area contributed by atoms with Crippen molar-refractivity contribution in [3.63, 3.8) is 0 Å². The number of aromatic nitrogens is 3. The number of hydrogen-bond acceptors (Lipinski definition) is 5. The summed E-state index contributed by atoms with van der Waals surface area (Å²) >= 11 is 3.41. The first-order valence-electron chi connectivity index (χ1n) is 7.06. The zero-order chi connectivity index (χ0) is 15.9. The van der Waals surface area contributed by atoms with Gasteiger partial charge in [0.2, 0.25) is 0 Å². The van der Waals surface area contributed by atoms with Crippen LogP contribution in [0, 0.1) is 0 Å². The van der Waals surface area contributed by atoms with Gasteiger partial charge in [-0.15, -0.1) is 5.10 Å². The van der Waals surface area contributed by atoms with Gasteiger partial charge in [0.15, 0.2) is 5.65 Å². The second kappa shape index (κ2) is 5.42.